The molecule has 0 fully saturated rings. The molecular weight excluding hydrogens is 290 g/mol. The number of carbonyl (C=O) groups is 2. The highest BCUT2D eigenvalue weighted by Gasteiger charge is 2.11. The Bertz CT molecular complexity index is 474. The summed E-state index contributed by atoms with van der Waals surface area (Å²) in [6.07, 6.45) is 2.24. The summed E-state index contributed by atoms with van der Waals surface area (Å²) in [6, 6.07) is 10.2. The van der Waals surface area contributed by atoms with E-state index in [9.17, 15) is 9.59 Å². The van der Waals surface area contributed by atoms with Gasteiger partial charge in [-0.2, -0.15) is 0 Å². The molecule has 0 heterocycles. The summed E-state index contributed by atoms with van der Waals surface area (Å²) < 4.78 is 0. The van der Waals surface area contributed by atoms with Gasteiger partial charge in [0.25, 0.3) is 0 Å². The van der Waals surface area contributed by atoms with E-state index in [1.807, 2.05) is 37.2 Å². The van der Waals surface area contributed by atoms with Gasteiger partial charge in [-0.15, -0.1) is 0 Å². The van der Waals surface area contributed by atoms with E-state index < -0.39 is 0 Å². The van der Waals surface area contributed by atoms with Crippen LogP contribution in [0.25, 0.3) is 0 Å². The summed E-state index contributed by atoms with van der Waals surface area (Å²) in [5.41, 5.74) is 1.29. The Labute approximate surface area is 139 Å². The predicted molar refractivity (Wildman–Crippen MR) is 93.2 cm³/mol. The predicted octanol–water partition coefficient (Wildman–Crippen LogP) is 1.54. The molecule has 0 unspecified atom stereocenters. The molecule has 0 saturated heterocycles. The zero-order valence-electron chi connectivity index (χ0n) is 14.5. The van der Waals surface area contributed by atoms with Gasteiger partial charge in [-0.1, -0.05) is 30.3 Å². The molecule has 0 aliphatic carbocycles. The van der Waals surface area contributed by atoms with E-state index in [4.69, 9.17) is 0 Å². The largest absolute Gasteiger partial charge is 0.356 e. The molecule has 0 aliphatic heterocycles. The van der Waals surface area contributed by atoms with Gasteiger partial charge in [0.05, 0.1) is 0 Å². The highest BCUT2D eigenvalue weighted by atomic mass is 16.2. The number of likely N-dealkylation sites (N-methyl/N-ethyl adjacent to an activating group) is 1. The Balaban J connectivity index is 2.18. The molecule has 5 heteroatoms. The number of hydrogen-bond acceptors (Lipinski definition) is 3. The molecule has 1 aromatic carbocycles. The van der Waals surface area contributed by atoms with Crippen LogP contribution < -0.4 is 5.32 Å². The first-order valence-corrected chi connectivity index (χ1v) is 8.20. The van der Waals surface area contributed by atoms with Gasteiger partial charge in [-0.25, -0.2) is 0 Å². The van der Waals surface area contributed by atoms with Crippen LogP contribution in [-0.4, -0.2) is 61.9 Å². The zero-order valence-corrected chi connectivity index (χ0v) is 14.5. The second-order valence-electron chi connectivity index (χ2n) is 6.00. The zero-order chi connectivity index (χ0) is 17.1. The molecule has 0 aliphatic rings. The molecule has 0 bridgehead atoms. The number of benzene rings is 1. The van der Waals surface area contributed by atoms with Crippen molar-refractivity contribution in [2.45, 2.75) is 26.2 Å². The van der Waals surface area contributed by atoms with Gasteiger partial charge in [0.1, 0.15) is 0 Å². The molecule has 0 spiro atoms. The number of amides is 2. The van der Waals surface area contributed by atoms with Crippen molar-refractivity contribution in [1.29, 1.82) is 0 Å². The van der Waals surface area contributed by atoms with Crippen LogP contribution in [0.15, 0.2) is 30.3 Å². The van der Waals surface area contributed by atoms with Gasteiger partial charge in [0.2, 0.25) is 11.8 Å². The maximum Gasteiger partial charge on any atom is 0.221 e. The number of hydrogen-bond donors (Lipinski definition) is 1. The summed E-state index contributed by atoms with van der Waals surface area (Å²) in [6.45, 7) is 4.16. The van der Waals surface area contributed by atoms with Crippen molar-refractivity contribution >= 4 is 11.8 Å². The standard InChI is InChI=1S/C18H29N3O2/c1-16(22)21(15-14-20(2)3)13-11-18(23)19-12-7-10-17-8-5-4-6-9-17/h4-6,8-9H,7,10-15H2,1-3H3,(H,19,23). The van der Waals surface area contributed by atoms with Crippen LogP contribution in [-0.2, 0) is 16.0 Å². The van der Waals surface area contributed by atoms with Crippen LogP contribution in [0.2, 0.25) is 0 Å². The lowest BCUT2D eigenvalue weighted by atomic mass is 10.1. The van der Waals surface area contributed by atoms with Crippen molar-refractivity contribution in [3.63, 3.8) is 0 Å². The third-order valence-corrected chi connectivity index (χ3v) is 3.68. The normalized spacial score (nSPS) is 10.6. The first-order chi connectivity index (χ1) is 11.0. The van der Waals surface area contributed by atoms with Crippen LogP contribution in [0.3, 0.4) is 0 Å². The maximum absolute atomic E-state index is 11.9. The fraction of sp³-hybridized carbons (Fsp3) is 0.556. The Morgan fingerprint density at radius 3 is 2.35 bits per heavy atom. The minimum Gasteiger partial charge on any atom is -0.356 e. The van der Waals surface area contributed by atoms with Crippen molar-refractivity contribution in [2.75, 3.05) is 40.3 Å². The summed E-state index contributed by atoms with van der Waals surface area (Å²) in [7, 11) is 3.94. The van der Waals surface area contributed by atoms with Crippen molar-refractivity contribution in [1.82, 2.24) is 15.1 Å². The van der Waals surface area contributed by atoms with E-state index in [0.29, 0.717) is 26.1 Å². The minimum atomic E-state index is 0.00849. The van der Waals surface area contributed by atoms with Crippen LogP contribution in [0.5, 0.6) is 0 Å². The second kappa shape index (κ2) is 10.8. The minimum absolute atomic E-state index is 0.00849. The average molecular weight is 319 g/mol. The van der Waals surface area contributed by atoms with E-state index >= 15 is 0 Å². The number of carbonyl (C=O) groups excluding carboxylic acids is 2. The summed E-state index contributed by atoms with van der Waals surface area (Å²) in [4.78, 5) is 27.2. The number of nitrogens with zero attached hydrogens (tertiary/aromatic N) is 2. The molecule has 5 nitrogen and oxygen atoms in total. The van der Waals surface area contributed by atoms with Crippen molar-refractivity contribution in [3.8, 4) is 0 Å². The van der Waals surface area contributed by atoms with E-state index in [2.05, 4.69) is 17.4 Å². The van der Waals surface area contributed by atoms with Crippen LogP contribution >= 0.6 is 0 Å². The Hall–Kier alpha value is -1.88. The van der Waals surface area contributed by atoms with Gasteiger partial charge >= 0.3 is 0 Å². The lowest BCUT2D eigenvalue weighted by molar-refractivity contribution is -0.129. The Morgan fingerprint density at radius 1 is 1.04 bits per heavy atom. The van der Waals surface area contributed by atoms with Crippen LogP contribution in [0, 0.1) is 0 Å². The lowest BCUT2D eigenvalue weighted by Crippen LogP contribution is -2.38. The molecule has 23 heavy (non-hydrogen) atoms. The number of nitrogens with one attached hydrogen (secondary N) is 1. The van der Waals surface area contributed by atoms with E-state index in [-0.39, 0.29) is 11.8 Å². The fourth-order valence-corrected chi connectivity index (χ4v) is 2.24. The third-order valence-electron chi connectivity index (χ3n) is 3.68. The SMILES string of the molecule is CC(=O)N(CCC(=O)NCCCc1ccccc1)CCN(C)C. The van der Waals surface area contributed by atoms with Crippen LogP contribution in [0.4, 0.5) is 0 Å². The average Bonchev–Trinajstić information content (AvgIpc) is 2.52. The molecule has 1 rings (SSSR count). The van der Waals surface area contributed by atoms with Crippen molar-refractivity contribution in [2.24, 2.45) is 0 Å². The first kappa shape index (κ1) is 19.2. The third kappa shape index (κ3) is 8.98. The van der Waals surface area contributed by atoms with Crippen LogP contribution in [0.1, 0.15) is 25.3 Å². The Kier molecular flexibility index (Phi) is 8.98. The highest BCUT2D eigenvalue weighted by Crippen LogP contribution is 2.01. The second-order valence-corrected chi connectivity index (χ2v) is 6.00. The van der Waals surface area contributed by atoms with E-state index in [1.165, 1.54) is 5.56 Å². The molecule has 0 aromatic heterocycles. The summed E-state index contributed by atoms with van der Waals surface area (Å²) >= 11 is 0. The highest BCUT2D eigenvalue weighted by molar-refractivity contribution is 5.77. The van der Waals surface area contributed by atoms with Gasteiger partial charge in [-0.3, -0.25) is 9.59 Å². The van der Waals surface area contributed by atoms with Gasteiger partial charge in [0, 0.05) is 39.5 Å². The monoisotopic (exact) mass is 319 g/mol. The first-order valence-electron chi connectivity index (χ1n) is 8.20. The molecule has 0 radical (unpaired) electrons. The van der Waals surface area contributed by atoms with E-state index in [0.717, 1.165) is 19.4 Å². The van der Waals surface area contributed by atoms with Gasteiger partial charge < -0.3 is 15.1 Å². The lowest BCUT2D eigenvalue weighted by Gasteiger charge is -2.22. The molecular formula is C18H29N3O2. The molecule has 2 amide bonds. The molecule has 1 N–H and O–H groups in total. The molecule has 1 aromatic rings. The molecule has 128 valence electrons. The fourth-order valence-electron chi connectivity index (χ4n) is 2.24. The topological polar surface area (TPSA) is 52.7 Å². The van der Waals surface area contributed by atoms with Crippen molar-refractivity contribution < 1.29 is 9.59 Å². The van der Waals surface area contributed by atoms with Gasteiger partial charge in [0.15, 0.2) is 0 Å². The van der Waals surface area contributed by atoms with Crippen molar-refractivity contribution in [3.05, 3.63) is 35.9 Å². The Morgan fingerprint density at radius 2 is 1.74 bits per heavy atom. The smallest absolute Gasteiger partial charge is 0.221 e. The summed E-state index contributed by atoms with van der Waals surface area (Å²) in [5, 5.41) is 2.92. The number of rotatable bonds is 10. The quantitative estimate of drug-likeness (QED) is 0.666. The molecule has 0 saturated carbocycles. The maximum atomic E-state index is 11.9. The summed E-state index contributed by atoms with van der Waals surface area (Å²) in [5.74, 6) is 0.0258. The molecule has 0 atom stereocenters. The van der Waals surface area contributed by atoms with E-state index in [1.54, 1.807) is 11.8 Å². The number of aryl methyl sites for hydroxylation is 1. The van der Waals surface area contributed by atoms with Gasteiger partial charge in [-0.05, 0) is 32.5 Å².